The Morgan fingerprint density at radius 1 is 1.09 bits per heavy atom. The van der Waals surface area contributed by atoms with Gasteiger partial charge in [-0.1, -0.05) is 6.42 Å². The molecule has 1 aliphatic carbocycles. The second-order valence-electron chi connectivity index (χ2n) is 6.67. The van der Waals surface area contributed by atoms with Crippen LogP contribution in [0.25, 0.3) is 16.7 Å². The van der Waals surface area contributed by atoms with E-state index in [4.69, 9.17) is 4.98 Å². The molecule has 5 rings (SSSR count). The summed E-state index contributed by atoms with van der Waals surface area (Å²) in [6, 6.07) is 9.26. The van der Waals surface area contributed by atoms with E-state index in [1.54, 1.807) is 0 Å². The molecule has 0 radical (unpaired) electrons. The van der Waals surface area contributed by atoms with E-state index in [2.05, 4.69) is 32.8 Å². The predicted octanol–water partition coefficient (Wildman–Crippen LogP) is 2.63. The highest BCUT2D eigenvalue weighted by Gasteiger charge is 2.27. The molecule has 0 saturated heterocycles. The fourth-order valence-electron chi connectivity index (χ4n) is 3.87. The highest BCUT2D eigenvalue weighted by atomic mass is 15.3. The molecule has 2 aromatic heterocycles. The molecule has 0 amide bonds. The summed E-state index contributed by atoms with van der Waals surface area (Å²) in [4.78, 5) is 7.59. The van der Waals surface area contributed by atoms with Gasteiger partial charge in [-0.15, -0.1) is 0 Å². The second-order valence-corrected chi connectivity index (χ2v) is 6.67. The van der Waals surface area contributed by atoms with E-state index in [-0.39, 0.29) is 0 Å². The summed E-state index contributed by atoms with van der Waals surface area (Å²) in [6.07, 6.45) is 9.01. The van der Waals surface area contributed by atoms with Crippen molar-refractivity contribution in [1.82, 2.24) is 24.2 Å². The van der Waals surface area contributed by atoms with Crippen LogP contribution in [0.15, 0.2) is 36.7 Å². The first kappa shape index (κ1) is 13.3. The largest absolute Gasteiger partial charge is 0.327 e. The molecule has 1 fully saturated rings. The van der Waals surface area contributed by atoms with Crippen molar-refractivity contribution < 1.29 is 0 Å². The SMILES string of the molecule is c1cnn(-c2ccc3c(c2)nc2n3CCN(C3CCC3)CC2)c1. The summed E-state index contributed by atoms with van der Waals surface area (Å²) in [5, 5.41) is 4.31. The van der Waals surface area contributed by atoms with Crippen LogP contribution in [-0.4, -0.2) is 43.4 Å². The van der Waals surface area contributed by atoms with E-state index in [1.807, 2.05) is 23.1 Å². The minimum Gasteiger partial charge on any atom is -0.327 e. The van der Waals surface area contributed by atoms with Gasteiger partial charge in [-0.05, 0) is 37.1 Å². The lowest BCUT2D eigenvalue weighted by molar-refractivity contribution is 0.130. The number of nitrogens with zero attached hydrogens (tertiary/aromatic N) is 5. The Kier molecular flexibility index (Phi) is 3.01. The van der Waals surface area contributed by atoms with Gasteiger partial charge in [0.15, 0.2) is 0 Å². The third kappa shape index (κ3) is 2.18. The average molecular weight is 307 g/mol. The quantitative estimate of drug-likeness (QED) is 0.730. The van der Waals surface area contributed by atoms with Gasteiger partial charge in [0.1, 0.15) is 5.82 Å². The molecule has 23 heavy (non-hydrogen) atoms. The molecule has 5 nitrogen and oxygen atoms in total. The number of fused-ring (bicyclic) bond motifs is 3. The van der Waals surface area contributed by atoms with Gasteiger partial charge in [-0.25, -0.2) is 9.67 Å². The zero-order valence-corrected chi connectivity index (χ0v) is 13.2. The van der Waals surface area contributed by atoms with E-state index in [1.165, 1.54) is 30.6 Å². The van der Waals surface area contributed by atoms with Crippen molar-refractivity contribution in [2.24, 2.45) is 0 Å². The molecule has 1 aromatic carbocycles. The summed E-state index contributed by atoms with van der Waals surface area (Å²) >= 11 is 0. The summed E-state index contributed by atoms with van der Waals surface area (Å²) in [7, 11) is 0. The maximum absolute atomic E-state index is 4.92. The Hall–Kier alpha value is -2.14. The lowest BCUT2D eigenvalue weighted by Gasteiger charge is -2.36. The van der Waals surface area contributed by atoms with Crippen LogP contribution in [0.5, 0.6) is 0 Å². The molecule has 2 aliphatic rings. The highest BCUT2D eigenvalue weighted by molar-refractivity contribution is 5.78. The monoisotopic (exact) mass is 307 g/mol. The summed E-state index contributed by atoms with van der Waals surface area (Å²) in [5.74, 6) is 1.24. The molecule has 3 aromatic rings. The Morgan fingerprint density at radius 3 is 2.83 bits per heavy atom. The van der Waals surface area contributed by atoms with Crippen LogP contribution in [0.3, 0.4) is 0 Å². The molecule has 0 unspecified atom stereocenters. The molecule has 3 heterocycles. The molecule has 0 bridgehead atoms. The van der Waals surface area contributed by atoms with Crippen molar-refractivity contribution >= 4 is 11.0 Å². The van der Waals surface area contributed by atoms with Crippen LogP contribution >= 0.6 is 0 Å². The number of aromatic nitrogens is 4. The molecule has 0 atom stereocenters. The van der Waals surface area contributed by atoms with Gasteiger partial charge < -0.3 is 4.57 Å². The van der Waals surface area contributed by atoms with Crippen LogP contribution in [0.2, 0.25) is 0 Å². The first-order valence-corrected chi connectivity index (χ1v) is 8.62. The lowest BCUT2D eigenvalue weighted by Crippen LogP contribution is -2.41. The molecule has 1 saturated carbocycles. The van der Waals surface area contributed by atoms with Gasteiger partial charge in [-0.2, -0.15) is 5.10 Å². The Labute approximate surface area is 135 Å². The van der Waals surface area contributed by atoms with Crippen LogP contribution in [0.1, 0.15) is 25.1 Å². The van der Waals surface area contributed by atoms with Crippen molar-refractivity contribution in [1.29, 1.82) is 0 Å². The van der Waals surface area contributed by atoms with E-state index in [0.717, 1.165) is 43.3 Å². The smallest absolute Gasteiger partial charge is 0.111 e. The van der Waals surface area contributed by atoms with Crippen LogP contribution in [-0.2, 0) is 13.0 Å². The lowest BCUT2D eigenvalue weighted by atomic mass is 9.91. The number of hydrogen-bond acceptors (Lipinski definition) is 3. The Bertz CT molecular complexity index is 829. The molecule has 118 valence electrons. The molecular formula is C18H21N5. The Morgan fingerprint density at radius 2 is 2.04 bits per heavy atom. The van der Waals surface area contributed by atoms with Crippen LogP contribution < -0.4 is 0 Å². The minimum absolute atomic E-state index is 0.831. The van der Waals surface area contributed by atoms with Gasteiger partial charge in [0, 0.05) is 44.5 Å². The molecular weight excluding hydrogens is 286 g/mol. The fourth-order valence-corrected chi connectivity index (χ4v) is 3.87. The van der Waals surface area contributed by atoms with Crippen molar-refractivity contribution in [3.63, 3.8) is 0 Å². The zero-order chi connectivity index (χ0) is 15.2. The van der Waals surface area contributed by atoms with E-state index >= 15 is 0 Å². The maximum Gasteiger partial charge on any atom is 0.111 e. The topological polar surface area (TPSA) is 38.9 Å². The predicted molar refractivity (Wildman–Crippen MR) is 89.8 cm³/mol. The van der Waals surface area contributed by atoms with Crippen LogP contribution in [0, 0.1) is 0 Å². The van der Waals surface area contributed by atoms with Crippen molar-refractivity contribution in [2.45, 2.75) is 38.3 Å². The van der Waals surface area contributed by atoms with Gasteiger partial charge in [-0.3, -0.25) is 4.90 Å². The normalized spacial score (nSPS) is 19.5. The number of imidazole rings is 1. The molecule has 0 N–H and O–H groups in total. The average Bonchev–Trinajstić information content (AvgIpc) is 3.11. The molecule has 5 heteroatoms. The third-order valence-corrected chi connectivity index (χ3v) is 5.40. The van der Waals surface area contributed by atoms with Crippen molar-refractivity contribution in [3.05, 3.63) is 42.5 Å². The maximum atomic E-state index is 4.92. The van der Waals surface area contributed by atoms with Gasteiger partial charge in [0.05, 0.1) is 16.7 Å². The standard InChI is InChI=1S/C18H21N5/c1-3-14(4-1)21-10-7-18-20-16-13-15(23-9-2-8-19-23)5-6-17(16)22(18)12-11-21/h2,5-6,8-9,13-14H,1,3-4,7,10-12H2. The fraction of sp³-hybridized carbons (Fsp3) is 0.444. The van der Waals surface area contributed by atoms with Gasteiger partial charge >= 0.3 is 0 Å². The summed E-state index contributed by atoms with van der Waals surface area (Å²) in [5.41, 5.74) is 3.42. The molecule has 0 spiro atoms. The second kappa shape index (κ2) is 5.20. The first-order chi connectivity index (χ1) is 11.4. The third-order valence-electron chi connectivity index (χ3n) is 5.40. The number of hydrogen-bond donors (Lipinski definition) is 0. The number of benzene rings is 1. The van der Waals surface area contributed by atoms with Gasteiger partial charge in [0.25, 0.3) is 0 Å². The summed E-state index contributed by atoms with van der Waals surface area (Å²) < 4.78 is 4.31. The minimum atomic E-state index is 0.831. The Balaban J connectivity index is 1.48. The molecule has 1 aliphatic heterocycles. The number of rotatable bonds is 2. The highest BCUT2D eigenvalue weighted by Crippen LogP contribution is 2.27. The summed E-state index contributed by atoms with van der Waals surface area (Å²) in [6.45, 7) is 3.37. The zero-order valence-electron chi connectivity index (χ0n) is 13.2. The van der Waals surface area contributed by atoms with E-state index in [9.17, 15) is 0 Å². The van der Waals surface area contributed by atoms with Crippen molar-refractivity contribution in [2.75, 3.05) is 13.1 Å². The first-order valence-electron chi connectivity index (χ1n) is 8.62. The van der Waals surface area contributed by atoms with Crippen molar-refractivity contribution in [3.8, 4) is 5.69 Å². The van der Waals surface area contributed by atoms with Crippen LogP contribution in [0.4, 0.5) is 0 Å². The van der Waals surface area contributed by atoms with E-state index in [0.29, 0.717) is 0 Å². The van der Waals surface area contributed by atoms with E-state index < -0.39 is 0 Å². The van der Waals surface area contributed by atoms with Gasteiger partial charge in [0.2, 0.25) is 0 Å².